The molecule has 0 saturated carbocycles. The number of hydrogen-bond acceptors (Lipinski definition) is 5. The van der Waals surface area contributed by atoms with Crippen molar-refractivity contribution >= 4 is 11.5 Å². The van der Waals surface area contributed by atoms with E-state index in [1.54, 1.807) is 0 Å². The molecule has 0 atom stereocenters. The van der Waals surface area contributed by atoms with E-state index in [1.807, 2.05) is 36.3 Å². The lowest BCUT2D eigenvalue weighted by Crippen LogP contribution is -2.47. The Balaban J connectivity index is 1.47. The Morgan fingerprint density at radius 3 is 2.57 bits per heavy atom. The molecule has 0 radical (unpaired) electrons. The van der Waals surface area contributed by atoms with Crippen molar-refractivity contribution in [3.63, 3.8) is 0 Å². The number of aromatic nitrogens is 3. The van der Waals surface area contributed by atoms with E-state index in [4.69, 9.17) is 5.73 Å². The lowest BCUT2D eigenvalue weighted by molar-refractivity contribution is 0.261. The van der Waals surface area contributed by atoms with Crippen molar-refractivity contribution in [3.05, 3.63) is 36.3 Å². The zero-order valence-electron chi connectivity index (χ0n) is 12.4. The van der Waals surface area contributed by atoms with Gasteiger partial charge in [0, 0.05) is 46.0 Å². The second-order valence-electron chi connectivity index (χ2n) is 5.54. The molecule has 2 aromatic heterocycles. The molecule has 0 amide bonds. The summed E-state index contributed by atoms with van der Waals surface area (Å²) < 4.78 is 1.86. The summed E-state index contributed by atoms with van der Waals surface area (Å²) in [6, 6.07) is 3.91. The number of nitrogens with two attached hydrogens (primary N) is 1. The Bertz CT molecular complexity index is 568. The van der Waals surface area contributed by atoms with Crippen molar-refractivity contribution in [1.82, 2.24) is 19.7 Å². The van der Waals surface area contributed by atoms with Gasteiger partial charge >= 0.3 is 0 Å². The highest BCUT2D eigenvalue weighted by Crippen LogP contribution is 2.16. The molecule has 0 aliphatic carbocycles. The highest BCUT2D eigenvalue weighted by Gasteiger charge is 2.17. The van der Waals surface area contributed by atoms with Crippen molar-refractivity contribution in [3.8, 4) is 0 Å². The summed E-state index contributed by atoms with van der Waals surface area (Å²) >= 11 is 0. The van der Waals surface area contributed by atoms with Crippen LogP contribution in [0.25, 0.3) is 0 Å². The van der Waals surface area contributed by atoms with E-state index in [1.165, 1.54) is 5.56 Å². The van der Waals surface area contributed by atoms with Gasteiger partial charge in [0.25, 0.3) is 0 Å². The zero-order valence-corrected chi connectivity index (χ0v) is 12.4. The molecular weight excluding hydrogens is 264 g/mol. The molecule has 1 saturated heterocycles. The highest BCUT2D eigenvalue weighted by molar-refractivity contribution is 5.48. The van der Waals surface area contributed by atoms with Gasteiger partial charge in [-0.05, 0) is 24.1 Å². The maximum Gasteiger partial charge on any atom is 0.123 e. The first kappa shape index (κ1) is 13.9. The van der Waals surface area contributed by atoms with Crippen molar-refractivity contribution in [2.75, 3.05) is 43.4 Å². The first-order valence-electron chi connectivity index (χ1n) is 7.37. The molecule has 112 valence electrons. The number of hydrogen-bond donors (Lipinski definition) is 1. The van der Waals surface area contributed by atoms with Crippen molar-refractivity contribution in [2.24, 2.45) is 7.05 Å². The summed E-state index contributed by atoms with van der Waals surface area (Å²) in [5.41, 5.74) is 8.10. The molecule has 1 aliphatic rings. The van der Waals surface area contributed by atoms with Crippen LogP contribution in [0.2, 0.25) is 0 Å². The van der Waals surface area contributed by atoms with Gasteiger partial charge in [-0.2, -0.15) is 5.10 Å². The minimum Gasteiger partial charge on any atom is -0.384 e. The van der Waals surface area contributed by atoms with Crippen LogP contribution in [0.3, 0.4) is 0 Å². The molecule has 21 heavy (non-hydrogen) atoms. The summed E-state index contributed by atoms with van der Waals surface area (Å²) in [5, 5.41) is 4.21. The Labute approximate surface area is 125 Å². The van der Waals surface area contributed by atoms with Crippen molar-refractivity contribution in [2.45, 2.75) is 6.42 Å². The number of rotatable bonds is 4. The Morgan fingerprint density at radius 1 is 1.14 bits per heavy atom. The van der Waals surface area contributed by atoms with Gasteiger partial charge in [-0.3, -0.25) is 9.58 Å². The normalized spacial score (nSPS) is 16.3. The summed E-state index contributed by atoms with van der Waals surface area (Å²) in [4.78, 5) is 9.04. The standard InChI is InChI=1S/C15H22N6/c1-19-12-13(10-18-19)4-5-20-6-8-21(9-7-20)14-2-3-15(16)17-11-14/h2-3,10-12H,4-9H2,1H3,(H2,16,17). The molecule has 6 nitrogen and oxygen atoms in total. The predicted octanol–water partition coefficient (Wildman–Crippen LogP) is 0.762. The average molecular weight is 286 g/mol. The number of nitrogen functional groups attached to an aromatic ring is 1. The number of pyridine rings is 1. The third-order valence-corrected chi connectivity index (χ3v) is 3.98. The number of aryl methyl sites for hydroxylation is 1. The number of piperazine rings is 1. The van der Waals surface area contributed by atoms with E-state index >= 15 is 0 Å². The van der Waals surface area contributed by atoms with E-state index in [-0.39, 0.29) is 0 Å². The highest BCUT2D eigenvalue weighted by atomic mass is 15.3. The average Bonchev–Trinajstić information content (AvgIpc) is 2.92. The monoisotopic (exact) mass is 286 g/mol. The molecule has 3 rings (SSSR count). The summed E-state index contributed by atoms with van der Waals surface area (Å²) in [6.45, 7) is 5.35. The van der Waals surface area contributed by atoms with Gasteiger partial charge in [-0.25, -0.2) is 4.98 Å². The van der Waals surface area contributed by atoms with Crippen molar-refractivity contribution < 1.29 is 0 Å². The SMILES string of the molecule is Cn1cc(CCN2CCN(c3ccc(N)nc3)CC2)cn1. The van der Waals surface area contributed by atoms with Gasteiger partial charge < -0.3 is 10.6 Å². The van der Waals surface area contributed by atoms with Crippen LogP contribution in [0.4, 0.5) is 11.5 Å². The van der Waals surface area contributed by atoms with Crippen LogP contribution in [-0.2, 0) is 13.5 Å². The maximum atomic E-state index is 5.63. The van der Waals surface area contributed by atoms with Gasteiger partial charge in [0.1, 0.15) is 5.82 Å². The fourth-order valence-electron chi connectivity index (χ4n) is 2.70. The first-order valence-corrected chi connectivity index (χ1v) is 7.37. The number of nitrogens with zero attached hydrogens (tertiary/aromatic N) is 5. The zero-order chi connectivity index (χ0) is 14.7. The quantitative estimate of drug-likeness (QED) is 0.899. The van der Waals surface area contributed by atoms with Gasteiger partial charge in [-0.1, -0.05) is 0 Å². The summed E-state index contributed by atoms with van der Waals surface area (Å²) in [6.07, 6.45) is 6.98. The maximum absolute atomic E-state index is 5.63. The lowest BCUT2D eigenvalue weighted by Gasteiger charge is -2.35. The van der Waals surface area contributed by atoms with Gasteiger partial charge in [-0.15, -0.1) is 0 Å². The molecule has 1 aliphatic heterocycles. The van der Waals surface area contributed by atoms with Crippen LogP contribution in [0, 0.1) is 0 Å². The van der Waals surface area contributed by atoms with E-state index in [0.717, 1.165) is 44.8 Å². The second kappa shape index (κ2) is 6.13. The van der Waals surface area contributed by atoms with Crippen LogP contribution in [0.15, 0.2) is 30.7 Å². The topological polar surface area (TPSA) is 63.2 Å². The predicted molar refractivity (Wildman–Crippen MR) is 84.2 cm³/mol. The van der Waals surface area contributed by atoms with Gasteiger partial charge in [0.05, 0.1) is 18.1 Å². The second-order valence-corrected chi connectivity index (χ2v) is 5.54. The van der Waals surface area contributed by atoms with Gasteiger partial charge in [0.2, 0.25) is 0 Å². The Kier molecular flexibility index (Phi) is 4.06. The molecule has 6 heteroatoms. The van der Waals surface area contributed by atoms with Crippen LogP contribution in [0.5, 0.6) is 0 Å². The molecule has 0 spiro atoms. The smallest absolute Gasteiger partial charge is 0.123 e. The van der Waals surface area contributed by atoms with Crippen LogP contribution in [0.1, 0.15) is 5.56 Å². The number of anilines is 2. The lowest BCUT2D eigenvalue weighted by atomic mass is 10.2. The minimum atomic E-state index is 0.578. The molecule has 3 heterocycles. The minimum absolute atomic E-state index is 0.578. The van der Waals surface area contributed by atoms with Crippen LogP contribution in [-0.4, -0.2) is 52.4 Å². The van der Waals surface area contributed by atoms with Crippen LogP contribution < -0.4 is 10.6 Å². The third-order valence-electron chi connectivity index (χ3n) is 3.98. The molecule has 0 bridgehead atoms. The third kappa shape index (κ3) is 3.52. The first-order chi connectivity index (χ1) is 10.2. The van der Waals surface area contributed by atoms with Crippen molar-refractivity contribution in [1.29, 1.82) is 0 Å². The largest absolute Gasteiger partial charge is 0.384 e. The van der Waals surface area contributed by atoms with E-state index in [0.29, 0.717) is 5.82 Å². The molecular formula is C15H22N6. The summed E-state index contributed by atoms with van der Waals surface area (Å²) in [7, 11) is 1.96. The van der Waals surface area contributed by atoms with E-state index in [2.05, 4.69) is 26.1 Å². The van der Waals surface area contributed by atoms with E-state index < -0.39 is 0 Å². The molecule has 0 aromatic carbocycles. The summed E-state index contributed by atoms with van der Waals surface area (Å²) in [5.74, 6) is 0.578. The molecule has 2 N–H and O–H groups in total. The molecule has 0 unspecified atom stereocenters. The van der Waals surface area contributed by atoms with Crippen LogP contribution >= 0.6 is 0 Å². The fraction of sp³-hybridized carbons (Fsp3) is 0.467. The fourth-order valence-corrected chi connectivity index (χ4v) is 2.70. The van der Waals surface area contributed by atoms with Gasteiger partial charge in [0.15, 0.2) is 0 Å². The molecule has 1 fully saturated rings. The molecule has 2 aromatic rings. The Hall–Kier alpha value is -2.08. The van der Waals surface area contributed by atoms with E-state index in [9.17, 15) is 0 Å². The Morgan fingerprint density at radius 2 is 1.95 bits per heavy atom.